The summed E-state index contributed by atoms with van der Waals surface area (Å²) in [4.78, 5) is 33.4. The van der Waals surface area contributed by atoms with Gasteiger partial charge >= 0.3 is 0 Å². The molecule has 4 rings (SSSR count). The topological polar surface area (TPSA) is 70.0 Å². The number of imidazole rings is 1. The van der Waals surface area contributed by atoms with E-state index in [1.54, 1.807) is 12.1 Å². The molecule has 1 N–H and O–H groups in total. The molecule has 0 saturated carbocycles. The molecule has 162 valence electrons. The molecule has 31 heavy (non-hydrogen) atoms. The summed E-state index contributed by atoms with van der Waals surface area (Å²) in [6, 6.07) is 12.8. The maximum absolute atomic E-state index is 12.9. The van der Waals surface area contributed by atoms with E-state index in [-0.39, 0.29) is 24.3 Å². The van der Waals surface area contributed by atoms with Gasteiger partial charge in [0.25, 0.3) is 0 Å². The lowest BCUT2D eigenvalue weighted by atomic mass is 10.0. The van der Waals surface area contributed by atoms with Gasteiger partial charge in [-0.05, 0) is 29.8 Å². The standard InChI is InChI=1S/C23H26ClN5O2/c1-17(30)25-21(18-5-7-19(24)8-6-18)14-23(31)28-12-10-27(11-13-28)15-20-16-29-9-3-2-4-22(29)26-20/h2-9,16,21H,10-15H2,1H3,(H,25,30). The number of nitrogens with zero attached hydrogens (tertiary/aromatic N) is 4. The number of hydrogen-bond donors (Lipinski definition) is 1. The first-order valence-electron chi connectivity index (χ1n) is 10.4. The highest BCUT2D eigenvalue weighted by atomic mass is 35.5. The van der Waals surface area contributed by atoms with Gasteiger partial charge in [0.2, 0.25) is 11.8 Å². The van der Waals surface area contributed by atoms with Gasteiger partial charge in [-0.15, -0.1) is 0 Å². The van der Waals surface area contributed by atoms with Crippen LogP contribution in [0.5, 0.6) is 0 Å². The van der Waals surface area contributed by atoms with Crippen molar-refractivity contribution in [2.45, 2.75) is 25.9 Å². The molecule has 3 aromatic rings. The van der Waals surface area contributed by atoms with E-state index in [0.717, 1.165) is 36.5 Å². The summed E-state index contributed by atoms with van der Waals surface area (Å²) >= 11 is 5.97. The predicted octanol–water partition coefficient (Wildman–Crippen LogP) is 2.90. The van der Waals surface area contributed by atoms with E-state index in [0.29, 0.717) is 18.1 Å². The summed E-state index contributed by atoms with van der Waals surface area (Å²) in [5, 5.41) is 3.51. The third-order valence-corrected chi connectivity index (χ3v) is 5.81. The zero-order chi connectivity index (χ0) is 21.8. The lowest BCUT2D eigenvalue weighted by Crippen LogP contribution is -2.49. The lowest BCUT2D eigenvalue weighted by molar-refractivity contribution is -0.133. The van der Waals surface area contributed by atoms with E-state index in [9.17, 15) is 9.59 Å². The van der Waals surface area contributed by atoms with Crippen LogP contribution in [0.25, 0.3) is 5.65 Å². The first-order chi connectivity index (χ1) is 15.0. The van der Waals surface area contributed by atoms with Gasteiger partial charge < -0.3 is 14.6 Å². The normalized spacial score (nSPS) is 15.7. The predicted molar refractivity (Wildman–Crippen MR) is 120 cm³/mol. The molecular formula is C23H26ClN5O2. The number of amides is 2. The van der Waals surface area contributed by atoms with Gasteiger partial charge in [-0.25, -0.2) is 4.98 Å². The Balaban J connectivity index is 1.33. The molecule has 1 fully saturated rings. The van der Waals surface area contributed by atoms with Gasteiger partial charge in [-0.1, -0.05) is 29.8 Å². The van der Waals surface area contributed by atoms with Crippen LogP contribution in [0.3, 0.4) is 0 Å². The molecule has 2 amide bonds. The fourth-order valence-electron chi connectivity index (χ4n) is 3.94. The molecule has 1 atom stereocenters. The van der Waals surface area contributed by atoms with E-state index in [1.807, 2.05) is 45.8 Å². The number of hydrogen-bond acceptors (Lipinski definition) is 4. The number of piperazine rings is 1. The number of aromatic nitrogens is 2. The molecule has 8 heteroatoms. The molecular weight excluding hydrogens is 414 g/mol. The van der Waals surface area contributed by atoms with Crippen molar-refractivity contribution in [3.8, 4) is 0 Å². The Labute approximate surface area is 186 Å². The monoisotopic (exact) mass is 439 g/mol. The molecule has 3 heterocycles. The SMILES string of the molecule is CC(=O)NC(CC(=O)N1CCN(Cc2cn3ccccc3n2)CC1)c1ccc(Cl)cc1. The molecule has 1 aliphatic heterocycles. The Bertz CT molecular complexity index is 1020. The van der Waals surface area contributed by atoms with Crippen LogP contribution < -0.4 is 5.32 Å². The van der Waals surface area contributed by atoms with E-state index in [1.165, 1.54) is 6.92 Å². The van der Waals surface area contributed by atoms with Gasteiger partial charge in [-0.2, -0.15) is 0 Å². The van der Waals surface area contributed by atoms with Crippen molar-refractivity contribution in [2.75, 3.05) is 26.2 Å². The third-order valence-electron chi connectivity index (χ3n) is 5.55. The third kappa shape index (κ3) is 5.42. The number of fused-ring (bicyclic) bond motifs is 1. The maximum Gasteiger partial charge on any atom is 0.225 e. The van der Waals surface area contributed by atoms with Crippen LogP contribution in [-0.2, 0) is 16.1 Å². The van der Waals surface area contributed by atoms with Crippen LogP contribution in [0.1, 0.15) is 30.6 Å². The van der Waals surface area contributed by atoms with E-state index in [2.05, 4.69) is 21.4 Å². The molecule has 0 radical (unpaired) electrons. The molecule has 1 aliphatic rings. The number of benzene rings is 1. The van der Waals surface area contributed by atoms with E-state index in [4.69, 9.17) is 11.6 Å². The molecule has 1 saturated heterocycles. The molecule has 1 unspecified atom stereocenters. The highest BCUT2D eigenvalue weighted by Gasteiger charge is 2.25. The van der Waals surface area contributed by atoms with Crippen LogP contribution >= 0.6 is 11.6 Å². The number of carbonyl (C=O) groups is 2. The van der Waals surface area contributed by atoms with Crippen molar-refractivity contribution in [1.29, 1.82) is 0 Å². The van der Waals surface area contributed by atoms with Crippen molar-refractivity contribution in [1.82, 2.24) is 24.5 Å². The first kappa shape index (κ1) is 21.3. The van der Waals surface area contributed by atoms with Gasteiger partial charge in [0.1, 0.15) is 5.65 Å². The minimum Gasteiger partial charge on any atom is -0.349 e. The van der Waals surface area contributed by atoms with Crippen molar-refractivity contribution < 1.29 is 9.59 Å². The largest absolute Gasteiger partial charge is 0.349 e. The quantitative estimate of drug-likeness (QED) is 0.641. The summed E-state index contributed by atoms with van der Waals surface area (Å²) in [6.07, 6.45) is 4.28. The average Bonchev–Trinajstić information content (AvgIpc) is 3.16. The maximum atomic E-state index is 12.9. The lowest BCUT2D eigenvalue weighted by Gasteiger charge is -2.35. The molecule has 2 aromatic heterocycles. The zero-order valence-corrected chi connectivity index (χ0v) is 18.3. The Morgan fingerprint density at radius 3 is 2.52 bits per heavy atom. The van der Waals surface area contributed by atoms with Crippen molar-refractivity contribution in [3.05, 3.63) is 71.1 Å². The van der Waals surface area contributed by atoms with Crippen LogP contribution in [0.15, 0.2) is 54.9 Å². The Kier molecular flexibility index (Phi) is 6.53. The minimum absolute atomic E-state index is 0.0427. The van der Waals surface area contributed by atoms with Gasteiger partial charge in [-0.3, -0.25) is 14.5 Å². The number of halogens is 1. The number of rotatable bonds is 6. The molecule has 0 aliphatic carbocycles. The second-order valence-corrected chi connectivity index (χ2v) is 8.30. The average molecular weight is 440 g/mol. The molecule has 1 aromatic carbocycles. The first-order valence-corrected chi connectivity index (χ1v) is 10.8. The number of pyridine rings is 1. The van der Waals surface area contributed by atoms with Crippen LogP contribution in [0, 0.1) is 0 Å². The fraction of sp³-hybridized carbons (Fsp3) is 0.348. The Morgan fingerprint density at radius 1 is 1.10 bits per heavy atom. The smallest absolute Gasteiger partial charge is 0.225 e. The van der Waals surface area contributed by atoms with Gasteiger partial charge in [0, 0.05) is 57.1 Å². The summed E-state index contributed by atoms with van der Waals surface area (Å²) in [7, 11) is 0. The molecule has 0 spiro atoms. The summed E-state index contributed by atoms with van der Waals surface area (Å²) in [5.41, 5.74) is 2.84. The number of carbonyl (C=O) groups excluding carboxylic acids is 2. The second-order valence-electron chi connectivity index (χ2n) is 7.86. The molecule has 0 bridgehead atoms. The summed E-state index contributed by atoms with van der Waals surface area (Å²) in [6.45, 7) is 5.16. The summed E-state index contributed by atoms with van der Waals surface area (Å²) in [5.74, 6) is -0.119. The van der Waals surface area contributed by atoms with Crippen LogP contribution in [-0.4, -0.2) is 57.2 Å². The van der Waals surface area contributed by atoms with Gasteiger partial charge in [0.05, 0.1) is 18.2 Å². The highest BCUT2D eigenvalue weighted by Crippen LogP contribution is 2.21. The highest BCUT2D eigenvalue weighted by molar-refractivity contribution is 6.30. The van der Waals surface area contributed by atoms with Crippen LogP contribution in [0.4, 0.5) is 0 Å². The van der Waals surface area contributed by atoms with Crippen molar-refractivity contribution in [2.24, 2.45) is 0 Å². The Morgan fingerprint density at radius 2 is 1.84 bits per heavy atom. The molecule has 7 nitrogen and oxygen atoms in total. The fourth-order valence-corrected chi connectivity index (χ4v) is 4.07. The zero-order valence-electron chi connectivity index (χ0n) is 17.5. The van der Waals surface area contributed by atoms with Gasteiger partial charge in [0.15, 0.2) is 0 Å². The van der Waals surface area contributed by atoms with E-state index >= 15 is 0 Å². The number of nitrogens with one attached hydrogen (secondary N) is 1. The minimum atomic E-state index is -0.363. The second kappa shape index (κ2) is 9.49. The van der Waals surface area contributed by atoms with Crippen molar-refractivity contribution in [3.63, 3.8) is 0 Å². The van der Waals surface area contributed by atoms with E-state index < -0.39 is 0 Å². The summed E-state index contributed by atoms with van der Waals surface area (Å²) < 4.78 is 2.02. The van der Waals surface area contributed by atoms with Crippen LogP contribution in [0.2, 0.25) is 5.02 Å². The Hall–Kier alpha value is -2.90. The van der Waals surface area contributed by atoms with Crippen molar-refractivity contribution >= 4 is 29.1 Å².